The summed E-state index contributed by atoms with van der Waals surface area (Å²) in [5.74, 6) is -3.32. The number of hydrogen-bond donors (Lipinski definition) is 8. The molecule has 0 aliphatic rings. The lowest BCUT2D eigenvalue weighted by Crippen LogP contribution is -2.38. The average molecular weight is 352 g/mol. The molecule has 0 unspecified atom stereocenters. The van der Waals surface area contributed by atoms with E-state index in [1.54, 1.807) is 0 Å². The van der Waals surface area contributed by atoms with Gasteiger partial charge in [-0.1, -0.05) is 0 Å². The van der Waals surface area contributed by atoms with E-state index in [9.17, 15) is 50.4 Å². The fourth-order valence-electron chi connectivity index (χ4n) is 2.01. The SMILES string of the molecule is O=C(O)/C(CC(CO)(CO)CO)=C(\CC(CO)(CO)CO)C(=O)O. The van der Waals surface area contributed by atoms with E-state index in [4.69, 9.17) is 0 Å². The number of carbonyl (C=O) groups is 2. The van der Waals surface area contributed by atoms with Crippen molar-refractivity contribution in [3.8, 4) is 0 Å². The van der Waals surface area contributed by atoms with E-state index in [0.29, 0.717) is 0 Å². The summed E-state index contributed by atoms with van der Waals surface area (Å²) in [6, 6.07) is 0. The minimum absolute atomic E-state index is 0.661. The summed E-state index contributed by atoms with van der Waals surface area (Å²) in [4.78, 5) is 22.9. The zero-order chi connectivity index (χ0) is 19.0. The van der Waals surface area contributed by atoms with Crippen molar-refractivity contribution in [2.45, 2.75) is 12.8 Å². The Bertz CT molecular complexity index is 404. The average Bonchev–Trinajstić information content (AvgIpc) is 2.59. The third kappa shape index (κ3) is 5.23. The van der Waals surface area contributed by atoms with Gasteiger partial charge in [-0.25, -0.2) is 9.59 Å². The number of carboxylic acid groups (broad SMARTS) is 2. The molecule has 0 bridgehead atoms. The number of aliphatic hydroxyl groups excluding tert-OH is 6. The van der Waals surface area contributed by atoms with Gasteiger partial charge in [0, 0.05) is 22.0 Å². The van der Waals surface area contributed by atoms with Crippen LogP contribution in [-0.4, -0.2) is 92.4 Å². The third-order valence-electron chi connectivity index (χ3n) is 4.00. The van der Waals surface area contributed by atoms with E-state index in [1.165, 1.54) is 0 Å². The van der Waals surface area contributed by atoms with Gasteiger partial charge in [0.15, 0.2) is 0 Å². The first kappa shape index (κ1) is 22.4. The Kier molecular flexibility index (Phi) is 9.04. The van der Waals surface area contributed by atoms with Gasteiger partial charge in [0.1, 0.15) is 0 Å². The molecule has 140 valence electrons. The highest BCUT2D eigenvalue weighted by molar-refractivity contribution is 5.99. The molecule has 0 aliphatic heterocycles. The van der Waals surface area contributed by atoms with Crippen LogP contribution in [0.2, 0.25) is 0 Å². The first-order chi connectivity index (χ1) is 11.2. The Morgan fingerprint density at radius 1 is 0.542 bits per heavy atom. The molecule has 0 atom stereocenters. The number of carboxylic acids is 2. The Morgan fingerprint density at radius 3 is 0.875 bits per heavy atom. The maximum Gasteiger partial charge on any atom is 0.332 e. The molecule has 0 rings (SSSR count). The van der Waals surface area contributed by atoms with Crippen LogP contribution >= 0.6 is 0 Å². The van der Waals surface area contributed by atoms with Crippen molar-refractivity contribution in [3.05, 3.63) is 11.1 Å². The van der Waals surface area contributed by atoms with Crippen LogP contribution in [0.5, 0.6) is 0 Å². The van der Waals surface area contributed by atoms with Crippen LogP contribution in [0.1, 0.15) is 12.8 Å². The predicted molar refractivity (Wildman–Crippen MR) is 78.9 cm³/mol. The summed E-state index contributed by atoms with van der Waals surface area (Å²) in [5.41, 5.74) is -4.73. The maximum absolute atomic E-state index is 11.5. The second-order valence-electron chi connectivity index (χ2n) is 5.87. The Hall–Kier alpha value is -1.56. The fraction of sp³-hybridized carbons (Fsp3) is 0.714. The lowest BCUT2D eigenvalue weighted by atomic mass is 9.78. The highest BCUT2D eigenvalue weighted by atomic mass is 16.4. The highest BCUT2D eigenvalue weighted by Crippen LogP contribution is 2.32. The van der Waals surface area contributed by atoms with Crippen LogP contribution in [0.3, 0.4) is 0 Å². The lowest BCUT2D eigenvalue weighted by Gasteiger charge is -2.31. The van der Waals surface area contributed by atoms with Gasteiger partial charge in [0.05, 0.1) is 39.6 Å². The van der Waals surface area contributed by atoms with Crippen LogP contribution in [0.4, 0.5) is 0 Å². The van der Waals surface area contributed by atoms with Crippen molar-refractivity contribution >= 4 is 11.9 Å². The van der Waals surface area contributed by atoms with Gasteiger partial charge in [0.2, 0.25) is 0 Å². The molecule has 0 amide bonds. The largest absolute Gasteiger partial charge is 0.478 e. The second kappa shape index (κ2) is 9.67. The fourth-order valence-corrected chi connectivity index (χ4v) is 2.01. The predicted octanol–water partition coefficient (Wildman–Crippen LogP) is -2.84. The molecule has 10 heteroatoms. The molecule has 24 heavy (non-hydrogen) atoms. The van der Waals surface area contributed by atoms with Crippen molar-refractivity contribution in [1.82, 2.24) is 0 Å². The number of rotatable bonds is 12. The summed E-state index contributed by atoms with van der Waals surface area (Å²) < 4.78 is 0. The molecule has 0 aromatic rings. The lowest BCUT2D eigenvalue weighted by molar-refractivity contribution is -0.137. The van der Waals surface area contributed by atoms with Gasteiger partial charge in [0.25, 0.3) is 0 Å². The zero-order valence-electron chi connectivity index (χ0n) is 13.1. The quantitative estimate of drug-likeness (QED) is 0.169. The first-order valence-corrected chi connectivity index (χ1v) is 7.04. The van der Waals surface area contributed by atoms with Crippen molar-refractivity contribution < 1.29 is 50.4 Å². The normalized spacial score (nSPS) is 13.6. The van der Waals surface area contributed by atoms with Crippen LogP contribution in [0.25, 0.3) is 0 Å². The summed E-state index contributed by atoms with van der Waals surface area (Å²) in [6.45, 7) is -4.78. The summed E-state index contributed by atoms with van der Waals surface area (Å²) in [7, 11) is 0. The summed E-state index contributed by atoms with van der Waals surface area (Å²) >= 11 is 0. The Morgan fingerprint density at radius 2 is 0.750 bits per heavy atom. The number of aliphatic hydroxyl groups is 6. The molecule has 10 nitrogen and oxygen atoms in total. The highest BCUT2D eigenvalue weighted by Gasteiger charge is 2.37. The molecule has 0 heterocycles. The minimum Gasteiger partial charge on any atom is -0.478 e. The molecule has 0 fully saturated rings. The zero-order valence-corrected chi connectivity index (χ0v) is 13.1. The maximum atomic E-state index is 11.5. The van der Waals surface area contributed by atoms with Gasteiger partial charge < -0.3 is 40.9 Å². The molecule has 0 saturated carbocycles. The monoisotopic (exact) mass is 352 g/mol. The van der Waals surface area contributed by atoms with Gasteiger partial charge in [-0.3, -0.25) is 0 Å². The number of aliphatic carboxylic acids is 2. The van der Waals surface area contributed by atoms with Crippen LogP contribution in [0, 0.1) is 10.8 Å². The van der Waals surface area contributed by atoms with Crippen LogP contribution in [0.15, 0.2) is 11.1 Å². The first-order valence-electron chi connectivity index (χ1n) is 7.04. The van der Waals surface area contributed by atoms with E-state index in [-0.39, 0.29) is 0 Å². The third-order valence-corrected chi connectivity index (χ3v) is 4.00. The molecule has 8 N–H and O–H groups in total. The minimum atomic E-state index is -1.66. The van der Waals surface area contributed by atoms with Gasteiger partial charge in [-0.2, -0.15) is 0 Å². The van der Waals surface area contributed by atoms with Crippen LogP contribution in [-0.2, 0) is 9.59 Å². The van der Waals surface area contributed by atoms with E-state index in [1.807, 2.05) is 0 Å². The van der Waals surface area contributed by atoms with Gasteiger partial charge in [-0.15, -0.1) is 0 Å². The van der Waals surface area contributed by atoms with E-state index >= 15 is 0 Å². The van der Waals surface area contributed by atoms with Crippen molar-refractivity contribution in [2.75, 3.05) is 39.6 Å². The van der Waals surface area contributed by atoms with Gasteiger partial charge in [-0.05, 0) is 12.8 Å². The Balaban J connectivity index is 6.10. The smallest absolute Gasteiger partial charge is 0.332 e. The second-order valence-corrected chi connectivity index (χ2v) is 5.87. The molecular weight excluding hydrogens is 328 g/mol. The Labute approximate surface area is 137 Å². The van der Waals surface area contributed by atoms with E-state index in [2.05, 4.69) is 0 Å². The standard InChI is InChI=1S/C14H24O10/c15-3-13(4-16,5-17)1-9(11(21)22)10(12(23)24)2-14(6-18,7-19)8-20/h15-20H,1-8H2,(H,21,22)(H,23,24)/b10-9+. The molecule has 0 aromatic carbocycles. The number of hydrogen-bond acceptors (Lipinski definition) is 8. The van der Waals surface area contributed by atoms with Crippen molar-refractivity contribution in [1.29, 1.82) is 0 Å². The molecule has 0 spiro atoms. The van der Waals surface area contributed by atoms with Crippen molar-refractivity contribution in [3.63, 3.8) is 0 Å². The molecule has 0 radical (unpaired) electrons. The molecule has 0 aromatic heterocycles. The summed E-state index contributed by atoms with van der Waals surface area (Å²) in [5, 5.41) is 74.4. The van der Waals surface area contributed by atoms with Gasteiger partial charge >= 0.3 is 11.9 Å². The molecule has 0 saturated heterocycles. The van der Waals surface area contributed by atoms with Crippen molar-refractivity contribution in [2.24, 2.45) is 10.8 Å². The van der Waals surface area contributed by atoms with Crippen LogP contribution < -0.4 is 0 Å². The van der Waals surface area contributed by atoms with E-state index in [0.717, 1.165) is 0 Å². The topological polar surface area (TPSA) is 196 Å². The molecular formula is C14H24O10. The van der Waals surface area contributed by atoms with E-state index < -0.39 is 86.4 Å². The molecule has 0 aliphatic carbocycles. The summed E-state index contributed by atoms with van der Waals surface area (Å²) in [6.07, 6.45) is -1.32.